The molecule has 0 N–H and O–H groups in total. The topological polar surface area (TPSA) is 30.2 Å². The van der Waals surface area contributed by atoms with Crippen LogP contribution in [0.4, 0.5) is 0 Å². The maximum absolute atomic E-state index is 4.08. The van der Waals surface area contributed by atoms with Crippen molar-refractivity contribution >= 4 is 21.6 Å². The van der Waals surface area contributed by atoms with Crippen LogP contribution in [0.1, 0.15) is 0 Å². The lowest BCUT2D eigenvalue weighted by molar-refractivity contribution is 0.927. The molecule has 0 aliphatic heterocycles. The lowest BCUT2D eigenvalue weighted by Crippen LogP contribution is -1.85. The Labute approximate surface area is 65.8 Å². The summed E-state index contributed by atoms with van der Waals surface area (Å²) >= 11 is 3.25. The Kier molecular flexibility index (Phi) is 1.20. The van der Waals surface area contributed by atoms with Crippen LogP contribution in [0, 0.1) is 0 Å². The zero-order valence-electron chi connectivity index (χ0n) is 5.03. The second kappa shape index (κ2) is 2.05. The molecular weight excluding hydrogens is 194 g/mol. The van der Waals surface area contributed by atoms with E-state index in [0.717, 1.165) is 10.3 Å². The lowest BCUT2D eigenvalue weighted by Gasteiger charge is -1.85. The zero-order chi connectivity index (χ0) is 6.97. The van der Waals surface area contributed by atoms with Gasteiger partial charge in [0.25, 0.3) is 0 Å². The molecule has 0 radical (unpaired) electrons. The van der Waals surface area contributed by atoms with E-state index in [0.29, 0.717) is 0 Å². The van der Waals surface area contributed by atoms with Gasteiger partial charge >= 0.3 is 0 Å². The van der Waals surface area contributed by atoms with Gasteiger partial charge in [0.1, 0.15) is 4.60 Å². The van der Waals surface area contributed by atoms with Gasteiger partial charge in [-0.1, -0.05) is 0 Å². The minimum absolute atomic E-state index is 0.811. The molecule has 50 valence electrons. The van der Waals surface area contributed by atoms with Crippen molar-refractivity contribution < 1.29 is 0 Å². The molecule has 2 heterocycles. The number of fused-ring (bicyclic) bond motifs is 1. The number of nitrogens with zero attached hydrogens (tertiary/aromatic N) is 3. The smallest absolute Gasteiger partial charge is 0.156 e. The van der Waals surface area contributed by atoms with E-state index in [-0.39, 0.29) is 0 Å². The fourth-order valence-electron chi connectivity index (χ4n) is 0.801. The van der Waals surface area contributed by atoms with Crippen LogP contribution in [0.15, 0.2) is 29.1 Å². The Morgan fingerprint density at radius 1 is 1.50 bits per heavy atom. The molecule has 3 nitrogen and oxygen atoms in total. The van der Waals surface area contributed by atoms with E-state index in [1.165, 1.54) is 0 Å². The molecule has 4 heteroatoms. The zero-order valence-corrected chi connectivity index (χ0v) is 6.62. The van der Waals surface area contributed by atoms with E-state index < -0.39 is 0 Å². The monoisotopic (exact) mass is 197 g/mol. The molecule has 0 bridgehead atoms. The molecule has 0 aliphatic rings. The molecule has 2 rings (SSSR count). The highest BCUT2D eigenvalue weighted by atomic mass is 79.9. The van der Waals surface area contributed by atoms with Crippen molar-refractivity contribution in [1.82, 2.24) is 14.6 Å². The van der Waals surface area contributed by atoms with Gasteiger partial charge in [0, 0.05) is 18.5 Å². The highest BCUT2D eigenvalue weighted by Crippen LogP contribution is 2.07. The van der Waals surface area contributed by atoms with E-state index in [2.05, 4.69) is 26.0 Å². The summed E-state index contributed by atoms with van der Waals surface area (Å²) in [6, 6.07) is 3.70. The first kappa shape index (κ1) is 5.85. The maximum Gasteiger partial charge on any atom is 0.156 e. The number of hydrogen-bond acceptors (Lipinski definition) is 2. The van der Waals surface area contributed by atoms with E-state index in [1.807, 2.05) is 18.3 Å². The largest absolute Gasteiger partial charge is 0.237 e. The van der Waals surface area contributed by atoms with Crippen molar-refractivity contribution in [3.8, 4) is 0 Å². The van der Waals surface area contributed by atoms with Crippen LogP contribution in [-0.2, 0) is 0 Å². The van der Waals surface area contributed by atoms with Gasteiger partial charge in [0.2, 0.25) is 0 Å². The maximum atomic E-state index is 4.08. The highest BCUT2D eigenvalue weighted by Gasteiger charge is 1.95. The number of halogens is 1. The predicted molar refractivity (Wildman–Crippen MR) is 40.7 cm³/mol. The number of hydrogen-bond donors (Lipinski definition) is 0. The van der Waals surface area contributed by atoms with Crippen LogP contribution in [0.5, 0.6) is 0 Å². The molecule has 0 aromatic carbocycles. The second-order valence-corrected chi connectivity index (χ2v) is 2.70. The minimum atomic E-state index is 0.811. The molecule has 2 aromatic rings. The summed E-state index contributed by atoms with van der Waals surface area (Å²) in [5, 5.41) is 4.08. The number of aromatic nitrogens is 3. The molecule has 0 amide bonds. The Morgan fingerprint density at radius 2 is 2.40 bits per heavy atom. The Morgan fingerprint density at radius 3 is 3.20 bits per heavy atom. The van der Waals surface area contributed by atoms with Gasteiger partial charge in [0.05, 0.1) is 0 Å². The predicted octanol–water partition coefficient (Wildman–Crippen LogP) is 1.49. The molecule has 0 spiro atoms. The molecule has 2 aromatic heterocycles. The third-order valence-electron chi connectivity index (χ3n) is 1.21. The van der Waals surface area contributed by atoms with Crippen LogP contribution in [0.2, 0.25) is 0 Å². The SMILES string of the molecule is Brc1cc2ncccn2n1. The summed E-state index contributed by atoms with van der Waals surface area (Å²) in [4.78, 5) is 4.07. The molecule has 0 atom stereocenters. The molecule has 0 saturated heterocycles. The standard InChI is InChI=1S/C6H4BrN3/c7-5-4-6-8-2-1-3-10(6)9-5/h1-4H. The molecular formula is C6H4BrN3. The second-order valence-electron chi connectivity index (χ2n) is 1.89. The average Bonchev–Trinajstić information content (AvgIpc) is 2.27. The normalized spacial score (nSPS) is 10.5. The minimum Gasteiger partial charge on any atom is -0.237 e. The summed E-state index contributed by atoms with van der Waals surface area (Å²) in [6.07, 6.45) is 3.59. The first-order valence-electron chi connectivity index (χ1n) is 2.82. The van der Waals surface area contributed by atoms with E-state index in [9.17, 15) is 0 Å². The summed E-state index contributed by atoms with van der Waals surface area (Å²) in [5.74, 6) is 0. The van der Waals surface area contributed by atoms with Crippen molar-refractivity contribution in [3.05, 3.63) is 29.1 Å². The van der Waals surface area contributed by atoms with Crippen molar-refractivity contribution in [2.45, 2.75) is 0 Å². The molecule has 0 fully saturated rings. The van der Waals surface area contributed by atoms with Crippen molar-refractivity contribution in [3.63, 3.8) is 0 Å². The van der Waals surface area contributed by atoms with Gasteiger partial charge in [-0.3, -0.25) is 0 Å². The van der Waals surface area contributed by atoms with Gasteiger partial charge in [-0.05, 0) is 22.0 Å². The molecule has 10 heavy (non-hydrogen) atoms. The first-order chi connectivity index (χ1) is 4.86. The lowest BCUT2D eigenvalue weighted by atomic mass is 10.6. The summed E-state index contributed by atoms with van der Waals surface area (Å²) in [7, 11) is 0. The van der Waals surface area contributed by atoms with Crippen LogP contribution in [-0.4, -0.2) is 14.6 Å². The Balaban J connectivity index is 2.88. The first-order valence-corrected chi connectivity index (χ1v) is 3.61. The molecule has 0 unspecified atom stereocenters. The van der Waals surface area contributed by atoms with Gasteiger partial charge in [-0.15, -0.1) is 0 Å². The summed E-state index contributed by atoms with van der Waals surface area (Å²) in [6.45, 7) is 0. The van der Waals surface area contributed by atoms with Crippen LogP contribution in [0.25, 0.3) is 5.65 Å². The Hall–Kier alpha value is -0.900. The van der Waals surface area contributed by atoms with E-state index >= 15 is 0 Å². The summed E-state index contributed by atoms with van der Waals surface area (Å²) in [5.41, 5.74) is 0.856. The quantitative estimate of drug-likeness (QED) is 0.641. The van der Waals surface area contributed by atoms with Crippen LogP contribution < -0.4 is 0 Å². The van der Waals surface area contributed by atoms with Crippen LogP contribution in [0.3, 0.4) is 0 Å². The summed E-state index contributed by atoms with van der Waals surface area (Å²) < 4.78 is 2.52. The molecule has 0 aliphatic carbocycles. The van der Waals surface area contributed by atoms with E-state index in [1.54, 1.807) is 10.7 Å². The van der Waals surface area contributed by atoms with E-state index in [4.69, 9.17) is 0 Å². The van der Waals surface area contributed by atoms with Gasteiger partial charge < -0.3 is 0 Å². The van der Waals surface area contributed by atoms with Crippen molar-refractivity contribution in [2.24, 2.45) is 0 Å². The molecule has 0 saturated carbocycles. The van der Waals surface area contributed by atoms with Crippen molar-refractivity contribution in [1.29, 1.82) is 0 Å². The number of rotatable bonds is 0. The average molecular weight is 198 g/mol. The third kappa shape index (κ3) is 0.806. The van der Waals surface area contributed by atoms with Gasteiger partial charge in [0.15, 0.2) is 5.65 Å². The fraction of sp³-hybridized carbons (Fsp3) is 0. The van der Waals surface area contributed by atoms with Crippen LogP contribution >= 0.6 is 15.9 Å². The highest BCUT2D eigenvalue weighted by molar-refractivity contribution is 9.10. The van der Waals surface area contributed by atoms with Crippen molar-refractivity contribution in [2.75, 3.05) is 0 Å². The fourth-order valence-corrected chi connectivity index (χ4v) is 1.18. The Bertz CT molecular complexity index is 322. The van der Waals surface area contributed by atoms with Gasteiger partial charge in [-0.2, -0.15) is 5.10 Å². The third-order valence-corrected chi connectivity index (χ3v) is 1.59. The van der Waals surface area contributed by atoms with Gasteiger partial charge in [-0.25, -0.2) is 9.50 Å².